The van der Waals surface area contributed by atoms with Gasteiger partial charge in [0.05, 0.1) is 12.5 Å². The van der Waals surface area contributed by atoms with Crippen molar-refractivity contribution < 1.29 is 8.81 Å². The molecule has 2 rings (SSSR count). The lowest BCUT2D eigenvalue weighted by atomic mass is 10.2. The average molecular weight is 279 g/mol. The minimum atomic E-state index is -0.189. The smallest absolute Gasteiger partial charge is 0.124 e. The van der Waals surface area contributed by atoms with Crippen LogP contribution in [0.5, 0.6) is 0 Å². The van der Waals surface area contributed by atoms with Crippen LogP contribution in [0.4, 0.5) is 4.39 Å². The lowest BCUT2D eigenvalue weighted by Gasteiger charge is -2.16. The molecule has 1 N–H and O–H groups in total. The van der Waals surface area contributed by atoms with Crippen LogP contribution in [0.15, 0.2) is 52.2 Å². The molecule has 0 bridgehead atoms. The highest BCUT2D eigenvalue weighted by molar-refractivity contribution is 7.99. The Morgan fingerprint density at radius 3 is 2.95 bits per heavy atom. The van der Waals surface area contributed by atoms with E-state index in [-0.39, 0.29) is 11.9 Å². The lowest BCUT2D eigenvalue weighted by molar-refractivity contribution is 0.540. The van der Waals surface area contributed by atoms with Gasteiger partial charge in [0.25, 0.3) is 0 Å². The van der Waals surface area contributed by atoms with Gasteiger partial charge in [-0.3, -0.25) is 0 Å². The molecule has 0 saturated carbocycles. The molecule has 0 saturated heterocycles. The maximum absolute atomic E-state index is 13.1. The molecule has 2 nitrogen and oxygen atoms in total. The summed E-state index contributed by atoms with van der Waals surface area (Å²) in [5, 5.41) is 3.48. The van der Waals surface area contributed by atoms with Gasteiger partial charge >= 0.3 is 0 Å². The second-order valence-corrected chi connectivity index (χ2v) is 5.43. The maximum Gasteiger partial charge on any atom is 0.124 e. The third-order valence-corrected chi connectivity index (χ3v) is 3.89. The Morgan fingerprint density at radius 1 is 1.37 bits per heavy atom. The number of hydrogen-bond donors (Lipinski definition) is 1. The molecule has 0 amide bonds. The number of halogens is 1. The third kappa shape index (κ3) is 4.40. The van der Waals surface area contributed by atoms with Crippen molar-refractivity contribution in [2.24, 2.45) is 0 Å². The van der Waals surface area contributed by atoms with Crippen molar-refractivity contribution in [3.05, 3.63) is 54.2 Å². The maximum atomic E-state index is 13.1. The second kappa shape index (κ2) is 7.36. The Labute approximate surface area is 117 Å². The number of nitrogens with one attached hydrogen (secondary N) is 1. The first-order chi connectivity index (χ1) is 9.29. The summed E-state index contributed by atoms with van der Waals surface area (Å²) in [5.74, 6) is 0.662. The summed E-state index contributed by atoms with van der Waals surface area (Å²) in [6.07, 6.45) is 4.53. The van der Waals surface area contributed by atoms with E-state index in [1.54, 1.807) is 36.4 Å². The Bertz CT molecular complexity index is 487. The predicted molar refractivity (Wildman–Crippen MR) is 76.9 cm³/mol. The highest BCUT2D eigenvalue weighted by Crippen LogP contribution is 2.25. The van der Waals surface area contributed by atoms with Crippen molar-refractivity contribution in [1.29, 1.82) is 0 Å². The van der Waals surface area contributed by atoms with Crippen molar-refractivity contribution in [2.75, 3.05) is 12.3 Å². The largest absolute Gasteiger partial charge is 0.472 e. The van der Waals surface area contributed by atoms with Gasteiger partial charge in [-0.15, -0.1) is 11.8 Å². The van der Waals surface area contributed by atoms with Crippen LogP contribution in [0.2, 0.25) is 0 Å². The van der Waals surface area contributed by atoms with Crippen molar-refractivity contribution in [3.8, 4) is 0 Å². The number of benzene rings is 1. The van der Waals surface area contributed by atoms with Crippen molar-refractivity contribution in [1.82, 2.24) is 5.32 Å². The summed E-state index contributed by atoms with van der Waals surface area (Å²) in [6, 6.07) is 8.90. The summed E-state index contributed by atoms with van der Waals surface area (Å²) in [7, 11) is 0. The van der Waals surface area contributed by atoms with Crippen LogP contribution in [0.3, 0.4) is 0 Å². The Hall–Kier alpha value is -1.26. The first-order valence-electron chi connectivity index (χ1n) is 6.43. The van der Waals surface area contributed by atoms with Gasteiger partial charge in [0.2, 0.25) is 0 Å². The van der Waals surface area contributed by atoms with E-state index < -0.39 is 0 Å². The van der Waals surface area contributed by atoms with E-state index in [1.807, 2.05) is 12.1 Å². The highest BCUT2D eigenvalue weighted by atomic mass is 32.2. The monoisotopic (exact) mass is 279 g/mol. The summed E-state index contributed by atoms with van der Waals surface area (Å²) in [5.41, 5.74) is 1.14. The molecule has 0 aliphatic rings. The molecule has 0 spiro atoms. The molecule has 1 heterocycles. The fourth-order valence-electron chi connectivity index (χ4n) is 1.80. The zero-order chi connectivity index (χ0) is 13.5. The van der Waals surface area contributed by atoms with Crippen LogP contribution in [0, 0.1) is 5.82 Å². The SMILES string of the molecule is CCCNC(CSc1cccc(F)c1)c1ccoc1. The van der Waals surface area contributed by atoms with E-state index in [0.29, 0.717) is 0 Å². The molecule has 1 atom stereocenters. The molecule has 0 aliphatic heterocycles. The topological polar surface area (TPSA) is 25.2 Å². The normalized spacial score (nSPS) is 12.5. The zero-order valence-electron chi connectivity index (χ0n) is 10.9. The quantitative estimate of drug-likeness (QED) is 0.767. The van der Waals surface area contributed by atoms with Crippen LogP contribution < -0.4 is 5.32 Å². The molecule has 1 aromatic heterocycles. The van der Waals surface area contributed by atoms with E-state index in [9.17, 15) is 4.39 Å². The van der Waals surface area contributed by atoms with Crippen LogP contribution in [-0.2, 0) is 0 Å². The van der Waals surface area contributed by atoms with E-state index in [2.05, 4.69) is 12.2 Å². The van der Waals surface area contributed by atoms with Gasteiger partial charge in [-0.05, 0) is 37.2 Å². The van der Waals surface area contributed by atoms with Crippen LogP contribution in [0.25, 0.3) is 0 Å². The van der Waals surface area contributed by atoms with E-state index >= 15 is 0 Å². The van der Waals surface area contributed by atoms with Gasteiger partial charge in [-0.1, -0.05) is 13.0 Å². The van der Waals surface area contributed by atoms with E-state index in [0.717, 1.165) is 29.2 Å². The van der Waals surface area contributed by atoms with Crippen molar-refractivity contribution >= 4 is 11.8 Å². The minimum Gasteiger partial charge on any atom is -0.472 e. The fraction of sp³-hybridized carbons (Fsp3) is 0.333. The second-order valence-electron chi connectivity index (χ2n) is 4.33. The van der Waals surface area contributed by atoms with Crippen molar-refractivity contribution in [2.45, 2.75) is 24.3 Å². The third-order valence-electron chi connectivity index (χ3n) is 2.80. The van der Waals surface area contributed by atoms with Gasteiger partial charge in [-0.2, -0.15) is 0 Å². The molecule has 0 fully saturated rings. The molecule has 2 aromatic rings. The van der Waals surface area contributed by atoms with E-state index in [1.165, 1.54) is 6.07 Å². The highest BCUT2D eigenvalue weighted by Gasteiger charge is 2.12. The minimum absolute atomic E-state index is 0.189. The average Bonchev–Trinajstić information content (AvgIpc) is 2.93. The summed E-state index contributed by atoms with van der Waals surface area (Å²) in [6.45, 7) is 3.10. The van der Waals surface area contributed by atoms with Gasteiger partial charge < -0.3 is 9.73 Å². The molecule has 102 valence electrons. The summed E-state index contributed by atoms with van der Waals surface area (Å²) >= 11 is 1.65. The Morgan fingerprint density at radius 2 is 2.26 bits per heavy atom. The first-order valence-corrected chi connectivity index (χ1v) is 7.42. The molecular weight excluding hydrogens is 261 g/mol. The number of rotatable bonds is 7. The fourth-order valence-corrected chi connectivity index (χ4v) is 2.84. The van der Waals surface area contributed by atoms with Gasteiger partial charge in [-0.25, -0.2) is 4.39 Å². The standard InChI is InChI=1S/C15H18FNOS/c1-2-7-17-15(12-6-8-18-10-12)11-19-14-5-3-4-13(16)9-14/h3-6,8-10,15,17H,2,7,11H2,1H3. The predicted octanol–water partition coefficient (Wildman–Crippen LogP) is 4.25. The first kappa shape index (κ1) is 14.2. The van der Waals surface area contributed by atoms with Gasteiger partial charge in [0, 0.05) is 22.3 Å². The van der Waals surface area contributed by atoms with Gasteiger partial charge in [0.15, 0.2) is 0 Å². The van der Waals surface area contributed by atoms with Gasteiger partial charge in [0.1, 0.15) is 5.82 Å². The van der Waals surface area contributed by atoms with Crippen LogP contribution in [-0.4, -0.2) is 12.3 Å². The zero-order valence-corrected chi connectivity index (χ0v) is 11.8. The molecule has 0 aliphatic carbocycles. The van der Waals surface area contributed by atoms with Crippen LogP contribution >= 0.6 is 11.8 Å². The Kier molecular flexibility index (Phi) is 5.48. The van der Waals surface area contributed by atoms with Crippen molar-refractivity contribution in [3.63, 3.8) is 0 Å². The summed E-state index contributed by atoms with van der Waals surface area (Å²) < 4.78 is 18.3. The molecule has 0 radical (unpaired) electrons. The Balaban J connectivity index is 1.96. The molecule has 19 heavy (non-hydrogen) atoms. The molecule has 1 aromatic carbocycles. The molecule has 1 unspecified atom stereocenters. The number of thioether (sulfide) groups is 1. The lowest BCUT2D eigenvalue weighted by Crippen LogP contribution is -2.23. The molecular formula is C15H18FNOS. The van der Waals surface area contributed by atoms with E-state index in [4.69, 9.17) is 4.42 Å². The number of hydrogen-bond acceptors (Lipinski definition) is 3. The number of furan rings is 1. The van der Waals surface area contributed by atoms with Crippen LogP contribution in [0.1, 0.15) is 24.9 Å². The molecule has 4 heteroatoms. The summed E-state index contributed by atoms with van der Waals surface area (Å²) in [4.78, 5) is 0.951.